The minimum Gasteiger partial charge on any atom is -0.496 e. The monoisotopic (exact) mass is 967 g/mol. The number of hydrogen-bond acceptors (Lipinski definition) is 10. The third-order valence-electron chi connectivity index (χ3n) is 11.8. The lowest BCUT2D eigenvalue weighted by atomic mass is 9.62. The smallest absolute Gasteiger partial charge is 0.252 e. The second-order valence-electron chi connectivity index (χ2n) is 17.4. The number of aryl methyl sites for hydroxylation is 1. The number of nitrogens with one attached hydrogen (secondary N) is 3. The first-order valence-electron chi connectivity index (χ1n) is 20.9. The Hall–Kier alpha value is -6.49. The van der Waals surface area contributed by atoms with Crippen molar-refractivity contribution in [3.63, 3.8) is 0 Å². The summed E-state index contributed by atoms with van der Waals surface area (Å²) in [5.74, 6) is 2.74. The maximum absolute atomic E-state index is 16.2. The van der Waals surface area contributed by atoms with Gasteiger partial charge in [-0.3, -0.25) is 14.6 Å². The van der Waals surface area contributed by atoms with Gasteiger partial charge >= 0.3 is 0 Å². The van der Waals surface area contributed by atoms with Crippen LogP contribution in [0.3, 0.4) is 0 Å². The lowest BCUT2D eigenvalue weighted by Crippen LogP contribution is -2.45. The van der Waals surface area contributed by atoms with E-state index >= 15 is 8.78 Å². The van der Waals surface area contributed by atoms with Crippen LogP contribution in [0.5, 0.6) is 11.5 Å². The highest BCUT2D eigenvalue weighted by atomic mass is 35.5. The molecule has 3 aromatic heterocycles. The predicted molar refractivity (Wildman–Crippen MR) is 255 cm³/mol. The molecular formula is C49H46Cl3F2N9O4. The van der Waals surface area contributed by atoms with Gasteiger partial charge in [-0.15, -0.1) is 0 Å². The van der Waals surface area contributed by atoms with Crippen molar-refractivity contribution in [2.24, 2.45) is 5.41 Å². The number of pyridine rings is 1. The van der Waals surface area contributed by atoms with Crippen LogP contribution < -0.4 is 31.2 Å². The zero-order valence-electron chi connectivity index (χ0n) is 37.5. The fourth-order valence-corrected chi connectivity index (χ4v) is 9.45. The number of nitrogens with two attached hydrogens (primary N) is 1. The topological polar surface area (TPSA) is 182 Å². The molecule has 6 aromatic rings. The summed E-state index contributed by atoms with van der Waals surface area (Å²) in [6.45, 7) is 9.90. The Morgan fingerprint density at radius 2 is 1.81 bits per heavy atom. The number of nitrogen functional groups attached to an aromatic ring is 1. The van der Waals surface area contributed by atoms with Crippen molar-refractivity contribution in [2.75, 3.05) is 31.8 Å². The van der Waals surface area contributed by atoms with E-state index in [9.17, 15) is 14.9 Å². The summed E-state index contributed by atoms with van der Waals surface area (Å²) in [7, 11) is 2.97. The maximum Gasteiger partial charge on any atom is 0.252 e. The van der Waals surface area contributed by atoms with E-state index in [0.717, 1.165) is 28.6 Å². The Labute approximate surface area is 401 Å². The quantitative estimate of drug-likeness (QED) is 0.0722. The van der Waals surface area contributed by atoms with Crippen LogP contribution in [0.25, 0.3) is 11.0 Å². The summed E-state index contributed by atoms with van der Waals surface area (Å²) < 4.78 is 45.3. The van der Waals surface area contributed by atoms with E-state index in [1.54, 1.807) is 19.5 Å². The van der Waals surface area contributed by atoms with Gasteiger partial charge in [-0.25, -0.2) is 13.8 Å². The summed E-state index contributed by atoms with van der Waals surface area (Å²) in [5, 5.41) is 20.6. The van der Waals surface area contributed by atoms with E-state index in [0.29, 0.717) is 23.1 Å². The van der Waals surface area contributed by atoms with Crippen LogP contribution in [0.15, 0.2) is 67.0 Å². The number of amides is 2. The van der Waals surface area contributed by atoms with Crippen molar-refractivity contribution in [2.45, 2.75) is 71.0 Å². The standard InChI is InChI=1S/C49H46Cl3F2N9O4/c1-25-21-58-35(26(2)42(25)67-7)23-63-22-28(38-43(52)61-47(56)62-44(38)63)10-9-17-57-45(64)27-13-16-34(36(18-27)66-6)59-46(65)41-39(30-11-8-12-32(51)40(30)54)49(24-55,37(60-41)20-48(3,4)5)31-15-14-29(50)19-33(31)53/h8,11-16,18-19,21-22,37,39,41,60H,17,20,23H2,1-7H3,(H,57,64)(H,59,65)(H2,56,61,62)/t37-,39-,41+,49-/m0/s1. The molecule has 0 radical (unpaired) electrons. The largest absolute Gasteiger partial charge is 0.496 e. The van der Waals surface area contributed by atoms with Gasteiger partial charge in [0.25, 0.3) is 5.91 Å². The number of fused-ring (bicyclic) bond motifs is 1. The molecule has 0 spiro atoms. The van der Waals surface area contributed by atoms with Gasteiger partial charge in [-0.1, -0.05) is 85.6 Å². The number of rotatable bonds is 11. The maximum atomic E-state index is 16.2. The molecule has 1 saturated heterocycles. The van der Waals surface area contributed by atoms with E-state index in [-0.39, 0.29) is 62.2 Å². The first-order valence-corrected chi connectivity index (χ1v) is 22.1. The summed E-state index contributed by atoms with van der Waals surface area (Å²) >= 11 is 19.0. The van der Waals surface area contributed by atoms with Gasteiger partial charge in [0.1, 0.15) is 39.3 Å². The highest BCUT2D eigenvalue weighted by molar-refractivity contribution is 6.34. The number of aromatic nitrogens is 4. The van der Waals surface area contributed by atoms with Gasteiger partial charge in [0.15, 0.2) is 0 Å². The lowest BCUT2D eigenvalue weighted by Gasteiger charge is -2.37. The fourth-order valence-electron chi connectivity index (χ4n) is 8.84. The van der Waals surface area contributed by atoms with Gasteiger partial charge < -0.3 is 35.7 Å². The molecule has 7 rings (SSSR count). The molecule has 5 N–H and O–H groups in total. The van der Waals surface area contributed by atoms with Crippen molar-refractivity contribution in [3.05, 3.63) is 133 Å². The molecule has 4 heterocycles. The average molecular weight is 969 g/mol. The Kier molecular flexibility index (Phi) is 14.0. The fraction of sp³-hybridized carbons (Fsp3) is 0.306. The van der Waals surface area contributed by atoms with Gasteiger partial charge in [0.2, 0.25) is 11.9 Å². The summed E-state index contributed by atoms with van der Waals surface area (Å²) in [6, 6.07) is 12.8. The molecule has 3 aromatic carbocycles. The van der Waals surface area contributed by atoms with Gasteiger partial charge in [-0.2, -0.15) is 10.2 Å². The molecule has 1 aliphatic rings. The molecular weight excluding hydrogens is 923 g/mol. The van der Waals surface area contributed by atoms with Crippen molar-refractivity contribution < 1.29 is 27.8 Å². The molecule has 18 heteroatoms. The van der Waals surface area contributed by atoms with E-state index in [2.05, 4.69) is 48.8 Å². The van der Waals surface area contributed by atoms with Crippen LogP contribution in [0.2, 0.25) is 15.2 Å². The molecule has 0 bridgehead atoms. The molecule has 346 valence electrons. The first kappa shape index (κ1) is 48.4. The SMILES string of the molecule is COc1cc(C(=O)NCC#Cc2cn(Cc3ncc(C)c(OC)c3C)c3nc(N)nc(Cl)c23)ccc1NC(=O)[C@@H]1N[C@@H](CC(C)(C)C)[C@](C#N)(c2ccc(Cl)cc2F)[C@H]1c1cccc(Cl)c1F. The van der Waals surface area contributed by atoms with Crippen LogP contribution in [-0.4, -0.2) is 64.2 Å². The zero-order valence-corrected chi connectivity index (χ0v) is 39.8. The first-order chi connectivity index (χ1) is 31.8. The number of ether oxygens (including phenoxy) is 2. The highest BCUT2D eigenvalue weighted by Crippen LogP contribution is 2.53. The summed E-state index contributed by atoms with van der Waals surface area (Å²) in [5.41, 5.74) is 7.39. The van der Waals surface area contributed by atoms with Crippen molar-refractivity contribution in [1.29, 1.82) is 5.26 Å². The van der Waals surface area contributed by atoms with Gasteiger partial charge in [0.05, 0.1) is 66.8 Å². The number of hydrogen-bond donors (Lipinski definition) is 4. The van der Waals surface area contributed by atoms with Crippen LogP contribution in [-0.2, 0) is 16.8 Å². The minimum absolute atomic E-state index is 0.0141. The Morgan fingerprint density at radius 1 is 1.04 bits per heavy atom. The molecule has 1 fully saturated rings. The van der Waals surface area contributed by atoms with Crippen LogP contribution in [0.4, 0.5) is 20.4 Å². The number of methoxy groups -OCH3 is 2. The number of carbonyl (C=O) groups is 2. The van der Waals surface area contributed by atoms with E-state index in [1.807, 2.05) is 39.2 Å². The number of nitriles is 1. The van der Waals surface area contributed by atoms with Crippen LogP contribution in [0, 0.1) is 54.1 Å². The lowest BCUT2D eigenvalue weighted by molar-refractivity contribution is -0.118. The minimum atomic E-state index is -1.83. The highest BCUT2D eigenvalue weighted by Gasteiger charge is 2.61. The van der Waals surface area contributed by atoms with Gasteiger partial charge in [0, 0.05) is 51.6 Å². The number of carbonyl (C=O) groups excluding carboxylic acids is 2. The molecule has 67 heavy (non-hydrogen) atoms. The number of anilines is 2. The molecule has 1 aliphatic heterocycles. The second-order valence-corrected chi connectivity index (χ2v) is 18.6. The summed E-state index contributed by atoms with van der Waals surface area (Å²) in [6.07, 6.45) is 3.78. The van der Waals surface area contributed by atoms with Crippen molar-refractivity contribution >= 4 is 69.3 Å². The molecule has 0 aliphatic carbocycles. The summed E-state index contributed by atoms with van der Waals surface area (Å²) in [4.78, 5) is 41.2. The normalized spacial score (nSPS) is 17.9. The number of benzene rings is 3. The number of nitrogens with zero attached hydrogens (tertiary/aromatic N) is 5. The zero-order chi connectivity index (χ0) is 48.5. The van der Waals surface area contributed by atoms with Crippen molar-refractivity contribution in [3.8, 4) is 29.4 Å². The van der Waals surface area contributed by atoms with Crippen LogP contribution >= 0.6 is 34.8 Å². The third-order valence-corrected chi connectivity index (χ3v) is 12.6. The van der Waals surface area contributed by atoms with Crippen LogP contribution in [0.1, 0.15) is 77.0 Å². The van der Waals surface area contributed by atoms with Gasteiger partial charge in [-0.05, 0) is 67.6 Å². The molecule has 0 unspecified atom stereocenters. The number of halogens is 5. The van der Waals surface area contributed by atoms with E-state index in [4.69, 9.17) is 50.0 Å². The van der Waals surface area contributed by atoms with E-state index in [1.165, 1.54) is 55.6 Å². The Morgan fingerprint density at radius 3 is 2.49 bits per heavy atom. The Bertz CT molecular complexity index is 3050. The van der Waals surface area contributed by atoms with E-state index < -0.39 is 52.3 Å². The van der Waals surface area contributed by atoms with Crippen molar-refractivity contribution in [1.82, 2.24) is 30.2 Å². The molecule has 0 saturated carbocycles. The predicted octanol–water partition coefficient (Wildman–Crippen LogP) is 9.07. The third kappa shape index (κ3) is 9.56. The molecule has 13 nitrogen and oxygen atoms in total. The second kappa shape index (κ2) is 19.4. The molecule has 4 atom stereocenters. The average Bonchev–Trinajstić information content (AvgIpc) is 3.78. The Balaban J connectivity index is 1.14. The molecule has 2 amide bonds.